The molecule has 0 aliphatic carbocycles. The second kappa shape index (κ2) is 5.95. The largest absolute Gasteiger partial charge is 0.483 e. The molecule has 5 nitrogen and oxygen atoms in total. The van der Waals surface area contributed by atoms with Gasteiger partial charge in [-0.2, -0.15) is 18.4 Å². The molecule has 0 atom stereocenters. The van der Waals surface area contributed by atoms with Gasteiger partial charge in [0.1, 0.15) is 12.3 Å². The zero-order chi connectivity index (χ0) is 14.5. The van der Waals surface area contributed by atoms with Gasteiger partial charge in [0.2, 0.25) is 0 Å². The number of nitrogens with two attached hydrogens (primary N) is 1. The Bertz CT molecular complexity index is 509. The van der Waals surface area contributed by atoms with Gasteiger partial charge in [-0.3, -0.25) is 4.79 Å². The van der Waals surface area contributed by atoms with Crippen LogP contribution in [0.25, 0.3) is 0 Å². The molecule has 0 radical (unpaired) electrons. The van der Waals surface area contributed by atoms with Crippen molar-refractivity contribution >= 4 is 11.6 Å². The van der Waals surface area contributed by atoms with Gasteiger partial charge in [0.25, 0.3) is 5.91 Å². The quantitative estimate of drug-likeness (QED) is 0.639. The van der Waals surface area contributed by atoms with Crippen LogP contribution in [-0.2, 0) is 11.0 Å². The minimum absolute atomic E-state index is 0.0615. The van der Waals surface area contributed by atoms with Gasteiger partial charge in [-0.15, -0.1) is 0 Å². The third kappa shape index (κ3) is 4.39. The van der Waals surface area contributed by atoms with Gasteiger partial charge in [0, 0.05) is 5.69 Å². The number of ether oxygens (including phenoxy) is 1. The van der Waals surface area contributed by atoms with Gasteiger partial charge in [-0.05, 0) is 18.2 Å². The number of carbonyl (C=O) groups is 1. The number of alkyl halides is 3. The lowest BCUT2D eigenvalue weighted by molar-refractivity contribution is -0.139. The highest BCUT2D eigenvalue weighted by Gasteiger charge is 2.34. The number of hydrogen-bond donors (Lipinski definition) is 2. The molecule has 8 heteroatoms. The molecule has 1 aromatic rings. The Labute approximate surface area is 106 Å². The number of anilines is 1. The summed E-state index contributed by atoms with van der Waals surface area (Å²) in [5, 5.41) is 10.4. The topological polar surface area (TPSA) is 88.1 Å². The van der Waals surface area contributed by atoms with Crippen molar-refractivity contribution in [1.82, 2.24) is 5.32 Å². The highest BCUT2D eigenvalue weighted by Crippen LogP contribution is 2.37. The lowest BCUT2D eigenvalue weighted by atomic mass is 10.1. The van der Waals surface area contributed by atoms with Crippen molar-refractivity contribution in [2.45, 2.75) is 6.18 Å². The smallest absolute Gasteiger partial charge is 0.420 e. The van der Waals surface area contributed by atoms with Crippen LogP contribution in [0.15, 0.2) is 18.2 Å². The number of amides is 1. The second-order valence-corrected chi connectivity index (χ2v) is 3.48. The van der Waals surface area contributed by atoms with Gasteiger partial charge >= 0.3 is 6.18 Å². The van der Waals surface area contributed by atoms with Crippen LogP contribution < -0.4 is 15.8 Å². The highest BCUT2D eigenvalue weighted by molar-refractivity contribution is 5.77. The first-order valence-electron chi connectivity index (χ1n) is 5.07. The Kier molecular flexibility index (Phi) is 4.58. The predicted molar refractivity (Wildman–Crippen MR) is 60.0 cm³/mol. The van der Waals surface area contributed by atoms with Crippen LogP contribution in [0.4, 0.5) is 18.9 Å². The molecule has 3 N–H and O–H groups in total. The Morgan fingerprint density at radius 3 is 2.74 bits per heavy atom. The SMILES string of the molecule is N#CCNC(=O)COc1ccc(N)cc1C(F)(F)F. The van der Waals surface area contributed by atoms with Crippen LogP contribution >= 0.6 is 0 Å². The maximum atomic E-state index is 12.7. The fourth-order valence-corrected chi connectivity index (χ4v) is 1.23. The van der Waals surface area contributed by atoms with Crippen molar-refractivity contribution in [2.75, 3.05) is 18.9 Å². The summed E-state index contributed by atoms with van der Waals surface area (Å²) in [6.45, 7) is -0.856. The average molecular weight is 273 g/mol. The Morgan fingerprint density at radius 2 is 2.16 bits per heavy atom. The fourth-order valence-electron chi connectivity index (χ4n) is 1.23. The zero-order valence-corrected chi connectivity index (χ0v) is 9.62. The number of hydrogen-bond acceptors (Lipinski definition) is 4. The van der Waals surface area contributed by atoms with Gasteiger partial charge in [0.05, 0.1) is 11.6 Å². The summed E-state index contributed by atoms with van der Waals surface area (Å²) >= 11 is 0. The zero-order valence-electron chi connectivity index (χ0n) is 9.62. The summed E-state index contributed by atoms with van der Waals surface area (Å²) in [7, 11) is 0. The molecule has 0 bridgehead atoms. The van der Waals surface area contributed by atoms with E-state index in [0.29, 0.717) is 0 Å². The van der Waals surface area contributed by atoms with Gasteiger partial charge in [-0.25, -0.2) is 0 Å². The standard InChI is InChI=1S/C11H10F3N3O2/c12-11(13,14)8-5-7(16)1-2-9(8)19-6-10(18)17-4-3-15/h1-2,5H,4,6,16H2,(H,17,18). The number of nitrogens with zero attached hydrogens (tertiary/aromatic N) is 1. The molecule has 1 rings (SSSR count). The first-order valence-corrected chi connectivity index (χ1v) is 5.07. The van der Waals surface area contributed by atoms with Crippen molar-refractivity contribution in [3.8, 4) is 11.8 Å². The minimum atomic E-state index is -4.63. The molecule has 1 amide bonds. The normalized spacial score (nSPS) is 10.6. The number of halogens is 3. The van der Waals surface area contributed by atoms with Crippen LogP contribution in [0.3, 0.4) is 0 Å². The van der Waals surface area contributed by atoms with Crippen molar-refractivity contribution < 1.29 is 22.7 Å². The second-order valence-electron chi connectivity index (χ2n) is 3.48. The number of benzene rings is 1. The van der Waals surface area contributed by atoms with E-state index in [1.54, 1.807) is 6.07 Å². The highest BCUT2D eigenvalue weighted by atomic mass is 19.4. The third-order valence-corrected chi connectivity index (χ3v) is 2.03. The molecule has 0 aliphatic rings. The van der Waals surface area contributed by atoms with E-state index in [9.17, 15) is 18.0 Å². The van der Waals surface area contributed by atoms with Crippen LogP contribution in [0.1, 0.15) is 5.56 Å². The molecule has 102 valence electrons. The minimum Gasteiger partial charge on any atom is -0.483 e. The molecular formula is C11H10F3N3O2. The van der Waals surface area contributed by atoms with E-state index in [0.717, 1.165) is 12.1 Å². The van der Waals surface area contributed by atoms with E-state index in [1.807, 2.05) is 0 Å². The number of carbonyl (C=O) groups excluding carboxylic acids is 1. The fraction of sp³-hybridized carbons (Fsp3) is 0.273. The van der Waals surface area contributed by atoms with E-state index in [-0.39, 0.29) is 12.2 Å². The van der Waals surface area contributed by atoms with Crippen molar-refractivity contribution in [1.29, 1.82) is 5.26 Å². The van der Waals surface area contributed by atoms with Gasteiger partial charge in [-0.1, -0.05) is 0 Å². The number of nitriles is 1. The van der Waals surface area contributed by atoms with E-state index >= 15 is 0 Å². The summed E-state index contributed by atoms with van der Waals surface area (Å²) in [6.07, 6.45) is -4.63. The lowest BCUT2D eigenvalue weighted by Gasteiger charge is -2.14. The first kappa shape index (κ1) is 14.6. The number of rotatable bonds is 4. The van der Waals surface area contributed by atoms with Crippen molar-refractivity contribution in [3.63, 3.8) is 0 Å². The monoisotopic (exact) mass is 273 g/mol. The molecule has 0 unspecified atom stereocenters. The van der Waals surface area contributed by atoms with E-state index in [4.69, 9.17) is 15.7 Å². The molecule has 19 heavy (non-hydrogen) atoms. The van der Waals surface area contributed by atoms with E-state index in [2.05, 4.69) is 5.32 Å². The Hall–Kier alpha value is -2.43. The Morgan fingerprint density at radius 1 is 1.47 bits per heavy atom. The maximum Gasteiger partial charge on any atom is 0.420 e. The molecule has 0 saturated carbocycles. The molecule has 0 heterocycles. The van der Waals surface area contributed by atoms with Crippen molar-refractivity contribution in [3.05, 3.63) is 23.8 Å². The molecular weight excluding hydrogens is 263 g/mol. The predicted octanol–water partition coefficient (Wildman–Crippen LogP) is 1.31. The van der Waals surface area contributed by atoms with Crippen LogP contribution in [0.2, 0.25) is 0 Å². The summed E-state index contributed by atoms with van der Waals surface area (Å²) < 4.78 is 42.8. The molecule has 0 aromatic heterocycles. The summed E-state index contributed by atoms with van der Waals surface area (Å²) in [4.78, 5) is 11.1. The van der Waals surface area contributed by atoms with Gasteiger partial charge in [0.15, 0.2) is 6.61 Å². The summed E-state index contributed by atoms with van der Waals surface area (Å²) in [6, 6.07) is 4.65. The molecule has 0 fully saturated rings. The summed E-state index contributed by atoms with van der Waals surface area (Å²) in [5.41, 5.74) is 4.16. The van der Waals surface area contributed by atoms with Crippen LogP contribution in [-0.4, -0.2) is 19.1 Å². The van der Waals surface area contributed by atoms with E-state index in [1.165, 1.54) is 6.07 Å². The number of nitrogens with one attached hydrogen (secondary N) is 1. The van der Waals surface area contributed by atoms with E-state index < -0.39 is 30.0 Å². The summed E-state index contributed by atoms with van der Waals surface area (Å²) in [5.74, 6) is -1.18. The maximum absolute atomic E-state index is 12.7. The number of nitrogen functional groups attached to an aromatic ring is 1. The van der Waals surface area contributed by atoms with Crippen LogP contribution in [0.5, 0.6) is 5.75 Å². The molecule has 0 spiro atoms. The molecule has 1 aromatic carbocycles. The molecule has 0 aliphatic heterocycles. The molecule has 0 saturated heterocycles. The third-order valence-electron chi connectivity index (χ3n) is 2.03. The Balaban J connectivity index is 2.79. The van der Waals surface area contributed by atoms with Crippen molar-refractivity contribution in [2.24, 2.45) is 0 Å². The first-order chi connectivity index (χ1) is 8.84. The van der Waals surface area contributed by atoms with Gasteiger partial charge < -0.3 is 15.8 Å². The average Bonchev–Trinajstić information content (AvgIpc) is 2.33. The lowest BCUT2D eigenvalue weighted by Crippen LogP contribution is -2.29. The van der Waals surface area contributed by atoms with Crippen LogP contribution in [0, 0.1) is 11.3 Å².